The van der Waals surface area contributed by atoms with E-state index in [-0.39, 0.29) is 0 Å². The Labute approximate surface area is 114 Å². The smallest absolute Gasteiger partial charge is 0.134 e. The molecule has 4 nitrogen and oxygen atoms in total. The summed E-state index contributed by atoms with van der Waals surface area (Å²) >= 11 is 2.02. The van der Waals surface area contributed by atoms with Crippen LogP contribution in [0.25, 0.3) is 0 Å². The van der Waals surface area contributed by atoms with Crippen molar-refractivity contribution in [2.45, 2.75) is 26.7 Å². The third-order valence-corrected chi connectivity index (χ3v) is 3.87. The van der Waals surface area contributed by atoms with Gasteiger partial charge in [-0.15, -0.1) is 0 Å². The second-order valence-electron chi connectivity index (χ2n) is 4.41. The highest BCUT2D eigenvalue weighted by molar-refractivity contribution is 7.99. The minimum absolute atomic E-state index is 0.901. The summed E-state index contributed by atoms with van der Waals surface area (Å²) in [7, 11) is 0. The van der Waals surface area contributed by atoms with Crippen molar-refractivity contribution in [3.05, 3.63) is 11.9 Å². The van der Waals surface area contributed by atoms with Crippen molar-refractivity contribution < 1.29 is 0 Å². The molecule has 0 aromatic carbocycles. The SMILES string of the molecule is CCCc1nc(NCC)cc(N2CCSCC2)n1. The average Bonchev–Trinajstić information content (AvgIpc) is 2.40. The van der Waals surface area contributed by atoms with Crippen molar-refractivity contribution in [1.82, 2.24) is 9.97 Å². The van der Waals surface area contributed by atoms with Gasteiger partial charge in [-0.3, -0.25) is 0 Å². The number of thioether (sulfide) groups is 1. The molecule has 1 aliphatic rings. The topological polar surface area (TPSA) is 41.1 Å². The highest BCUT2D eigenvalue weighted by Gasteiger charge is 2.14. The van der Waals surface area contributed by atoms with Crippen molar-refractivity contribution in [2.75, 3.05) is 41.4 Å². The summed E-state index contributed by atoms with van der Waals surface area (Å²) in [6.45, 7) is 7.36. The Morgan fingerprint density at radius 2 is 2.06 bits per heavy atom. The minimum atomic E-state index is 0.901. The summed E-state index contributed by atoms with van der Waals surface area (Å²) in [5, 5.41) is 3.30. The lowest BCUT2D eigenvalue weighted by Crippen LogP contribution is -2.33. The molecule has 0 unspecified atom stereocenters. The van der Waals surface area contributed by atoms with E-state index < -0.39 is 0 Å². The molecule has 0 spiro atoms. The van der Waals surface area contributed by atoms with E-state index in [9.17, 15) is 0 Å². The van der Waals surface area contributed by atoms with Gasteiger partial charge >= 0.3 is 0 Å². The van der Waals surface area contributed by atoms with Crippen molar-refractivity contribution in [1.29, 1.82) is 0 Å². The number of nitrogens with one attached hydrogen (secondary N) is 1. The van der Waals surface area contributed by atoms with Gasteiger partial charge in [0.2, 0.25) is 0 Å². The van der Waals surface area contributed by atoms with Crippen LogP contribution >= 0.6 is 11.8 Å². The van der Waals surface area contributed by atoms with E-state index in [2.05, 4.69) is 35.1 Å². The molecule has 1 aromatic rings. The molecule has 0 aliphatic carbocycles. The first-order chi connectivity index (χ1) is 8.83. The quantitative estimate of drug-likeness (QED) is 0.886. The summed E-state index contributed by atoms with van der Waals surface area (Å²) in [4.78, 5) is 11.6. The number of rotatable bonds is 5. The molecule has 0 atom stereocenters. The Hall–Kier alpha value is -0.970. The predicted molar refractivity (Wildman–Crippen MR) is 79.7 cm³/mol. The number of hydrogen-bond donors (Lipinski definition) is 1. The fourth-order valence-electron chi connectivity index (χ4n) is 2.04. The number of aromatic nitrogens is 2. The highest BCUT2D eigenvalue weighted by atomic mass is 32.2. The van der Waals surface area contributed by atoms with Gasteiger partial charge in [0.25, 0.3) is 0 Å². The summed E-state index contributed by atoms with van der Waals surface area (Å²) in [6, 6.07) is 2.08. The number of aryl methyl sites for hydroxylation is 1. The molecule has 2 rings (SSSR count). The van der Waals surface area contributed by atoms with Gasteiger partial charge in [0.15, 0.2) is 0 Å². The van der Waals surface area contributed by atoms with Gasteiger partial charge in [-0.2, -0.15) is 11.8 Å². The average molecular weight is 266 g/mol. The van der Waals surface area contributed by atoms with Crippen LogP contribution in [0.15, 0.2) is 6.07 Å². The maximum atomic E-state index is 4.69. The second-order valence-corrected chi connectivity index (χ2v) is 5.63. The molecule has 18 heavy (non-hydrogen) atoms. The fraction of sp³-hybridized carbons (Fsp3) is 0.692. The van der Waals surface area contributed by atoms with Crippen LogP contribution in [0.4, 0.5) is 11.6 Å². The molecule has 100 valence electrons. The molecule has 1 aliphatic heterocycles. The van der Waals surface area contributed by atoms with E-state index in [0.29, 0.717) is 0 Å². The Balaban J connectivity index is 2.20. The van der Waals surface area contributed by atoms with Gasteiger partial charge in [-0.05, 0) is 13.3 Å². The van der Waals surface area contributed by atoms with E-state index >= 15 is 0 Å². The molecule has 1 N–H and O–H groups in total. The predicted octanol–water partition coefficient (Wildman–Crippen LogP) is 2.41. The normalized spacial score (nSPS) is 15.8. The number of hydrogen-bond acceptors (Lipinski definition) is 5. The number of anilines is 2. The van der Waals surface area contributed by atoms with Crippen molar-refractivity contribution in [3.8, 4) is 0 Å². The summed E-state index contributed by atoms with van der Waals surface area (Å²) in [5.41, 5.74) is 0. The molecular formula is C13H22N4S. The van der Waals surface area contributed by atoms with Crippen molar-refractivity contribution >= 4 is 23.4 Å². The van der Waals surface area contributed by atoms with Gasteiger partial charge < -0.3 is 10.2 Å². The standard InChI is InChI=1S/C13H22N4S/c1-3-5-11-15-12(14-4-2)10-13(16-11)17-6-8-18-9-7-17/h10H,3-9H2,1-2H3,(H,14,15,16). The van der Waals surface area contributed by atoms with Crippen LogP contribution in [0.5, 0.6) is 0 Å². The van der Waals surface area contributed by atoms with Crippen LogP contribution in [0.1, 0.15) is 26.1 Å². The number of nitrogens with zero attached hydrogens (tertiary/aromatic N) is 3. The Morgan fingerprint density at radius 3 is 2.72 bits per heavy atom. The maximum Gasteiger partial charge on any atom is 0.134 e. The third kappa shape index (κ3) is 3.51. The second kappa shape index (κ2) is 6.83. The van der Waals surface area contributed by atoms with Crippen LogP contribution < -0.4 is 10.2 Å². The lowest BCUT2D eigenvalue weighted by atomic mass is 10.3. The molecule has 0 bridgehead atoms. The first kappa shape index (κ1) is 13.5. The molecule has 2 heterocycles. The van der Waals surface area contributed by atoms with E-state index in [1.807, 2.05) is 11.8 Å². The maximum absolute atomic E-state index is 4.69. The van der Waals surface area contributed by atoms with Crippen LogP contribution in [-0.4, -0.2) is 41.1 Å². The molecule has 0 radical (unpaired) electrons. The zero-order valence-corrected chi connectivity index (χ0v) is 12.1. The van der Waals surface area contributed by atoms with Crippen LogP contribution in [0, 0.1) is 0 Å². The lowest BCUT2D eigenvalue weighted by molar-refractivity contribution is 0.794. The molecule has 1 fully saturated rings. The first-order valence-electron chi connectivity index (χ1n) is 6.78. The largest absolute Gasteiger partial charge is 0.370 e. The summed E-state index contributed by atoms with van der Waals surface area (Å²) in [6.07, 6.45) is 2.04. The van der Waals surface area contributed by atoms with Gasteiger partial charge in [0.05, 0.1) is 0 Å². The Bertz CT molecular complexity index is 353. The monoisotopic (exact) mass is 266 g/mol. The molecule has 5 heteroatoms. The van der Waals surface area contributed by atoms with Gasteiger partial charge in [0, 0.05) is 43.6 Å². The summed E-state index contributed by atoms with van der Waals surface area (Å²) in [5.74, 6) is 5.41. The Morgan fingerprint density at radius 1 is 1.28 bits per heavy atom. The highest BCUT2D eigenvalue weighted by Crippen LogP contribution is 2.20. The zero-order valence-electron chi connectivity index (χ0n) is 11.3. The van der Waals surface area contributed by atoms with Crippen LogP contribution in [0.3, 0.4) is 0 Å². The van der Waals surface area contributed by atoms with E-state index in [0.717, 1.165) is 49.9 Å². The van der Waals surface area contributed by atoms with Crippen molar-refractivity contribution in [2.24, 2.45) is 0 Å². The first-order valence-corrected chi connectivity index (χ1v) is 7.93. The van der Waals surface area contributed by atoms with E-state index in [1.54, 1.807) is 0 Å². The van der Waals surface area contributed by atoms with Crippen LogP contribution in [0.2, 0.25) is 0 Å². The fourth-order valence-corrected chi connectivity index (χ4v) is 2.95. The minimum Gasteiger partial charge on any atom is -0.370 e. The lowest BCUT2D eigenvalue weighted by Gasteiger charge is -2.28. The molecule has 0 saturated carbocycles. The van der Waals surface area contributed by atoms with Gasteiger partial charge in [0.1, 0.15) is 17.5 Å². The van der Waals surface area contributed by atoms with E-state index in [1.165, 1.54) is 11.5 Å². The molecule has 1 saturated heterocycles. The molecule has 1 aromatic heterocycles. The van der Waals surface area contributed by atoms with Gasteiger partial charge in [-0.25, -0.2) is 9.97 Å². The summed E-state index contributed by atoms with van der Waals surface area (Å²) < 4.78 is 0. The molecular weight excluding hydrogens is 244 g/mol. The molecule has 0 amide bonds. The van der Waals surface area contributed by atoms with Crippen molar-refractivity contribution in [3.63, 3.8) is 0 Å². The zero-order chi connectivity index (χ0) is 12.8. The van der Waals surface area contributed by atoms with Gasteiger partial charge in [-0.1, -0.05) is 6.92 Å². The van der Waals surface area contributed by atoms with Crippen LogP contribution in [-0.2, 0) is 6.42 Å². The Kier molecular flexibility index (Phi) is 5.11. The van der Waals surface area contributed by atoms with E-state index in [4.69, 9.17) is 4.98 Å². The third-order valence-electron chi connectivity index (χ3n) is 2.93.